The van der Waals surface area contributed by atoms with Gasteiger partial charge in [-0.15, -0.1) is 0 Å². The third kappa shape index (κ3) is 4.32. The number of aromatic nitrogens is 2. The largest absolute Gasteiger partial charge is 0.350 e. The minimum Gasteiger partial charge on any atom is -0.350 e. The molecule has 0 saturated carbocycles. The smallest absolute Gasteiger partial charge is 0.325 e. The molecule has 0 aliphatic carbocycles. The Bertz CT molecular complexity index is 826. The summed E-state index contributed by atoms with van der Waals surface area (Å²) in [6.07, 6.45) is 0.393. The van der Waals surface area contributed by atoms with Gasteiger partial charge < -0.3 is 10.3 Å². The SMILES string of the molecule is Cc1[nH]c(=O)[nH]c(=O)c1CCC(=O)N[C@H](C)c1ccccc1Cl. The Labute approximate surface area is 137 Å². The lowest BCUT2D eigenvalue weighted by Gasteiger charge is -2.15. The van der Waals surface area contributed by atoms with E-state index in [1.54, 1.807) is 13.0 Å². The van der Waals surface area contributed by atoms with E-state index in [4.69, 9.17) is 11.6 Å². The molecule has 1 atom stereocenters. The van der Waals surface area contributed by atoms with Crippen LogP contribution in [0.3, 0.4) is 0 Å². The fourth-order valence-electron chi connectivity index (χ4n) is 2.38. The van der Waals surface area contributed by atoms with Crippen LogP contribution in [0.1, 0.15) is 36.2 Å². The predicted octanol–water partition coefficient (Wildman–Crippen LogP) is 1.84. The molecule has 3 N–H and O–H groups in total. The van der Waals surface area contributed by atoms with Gasteiger partial charge in [0.2, 0.25) is 5.91 Å². The van der Waals surface area contributed by atoms with Crippen LogP contribution >= 0.6 is 11.6 Å². The van der Waals surface area contributed by atoms with Gasteiger partial charge in [-0.05, 0) is 31.9 Å². The summed E-state index contributed by atoms with van der Waals surface area (Å²) in [5.41, 5.74) is 0.711. The van der Waals surface area contributed by atoms with E-state index in [2.05, 4.69) is 15.3 Å². The molecule has 1 aromatic carbocycles. The standard InChI is InChI=1S/C16H18ClN3O3/c1-9(11-5-3-4-6-13(11)17)18-14(21)8-7-12-10(2)19-16(23)20-15(12)22/h3-6,9H,7-8H2,1-2H3,(H,18,21)(H2,19,20,22,23)/t9-/m1/s1. The molecule has 0 bridgehead atoms. The van der Waals surface area contributed by atoms with Crippen molar-refractivity contribution in [3.05, 3.63) is 66.9 Å². The number of aryl methyl sites for hydroxylation is 1. The van der Waals surface area contributed by atoms with E-state index in [0.717, 1.165) is 5.56 Å². The lowest BCUT2D eigenvalue weighted by Crippen LogP contribution is -2.30. The molecule has 2 rings (SSSR count). The van der Waals surface area contributed by atoms with Crippen LogP contribution in [0.2, 0.25) is 5.02 Å². The van der Waals surface area contributed by atoms with E-state index in [9.17, 15) is 14.4 Å². The van der Waals surface area contributed by atoms with Gasteiger partial charge in [0.15, 0.2) is 0 Å². The van der Waals surface area contributed by atoms with Crippen molar-refractivity contribution in [1.82, 2.24) is 15.3 Å². The van der Waals surface area contributed by atoms with Crippen molar-refractivity contribution >= 4 is 17.5 Å². The molecule has 0 fully saturated rings. The quantitative estimate of drug-likeness (QED) is 0.778. The summed E-state index contributed by atoms with van der Waals surface area (Å²) in [5, 5.41) is 3.44. The second-order valence-electron chi connectivity index (χ2n) is 5.32. The molecule has 0 saturated heterocycles. The van der Waals surface area contributed by atoms with E-state index in [1.807, 2.05) is 25.1 Å². The van der Waals surface area contributed by atoms with Gasteiger partial charge in [0.25, 0.3) is 5.56 Å². The average molecular weight is 336 g/mol. The summed E-state index contributed by atoms with van der Waals surface area (Å²) in [4.78, 5) is 39.6. The molecule has 0 aliphatic heterocycles. The van der Waals surface area contributed by atoms with Gasteiger partial charge >= 0.3 is 5.69 Å². The third-order valence-electron chi connectivity index (χ3n) is 3.61. The maximum absolute atomic E-state index is 12.1. The zero-order valence-corrected chi connectivity index (χ0v) is 13.7. The minimum absolute atomic E-state index is 0.144. The summed E-state index contributed by atoms with van der Waals surface area (Å²) in [5.74, 6) is -0.192. The van der Waals surface area contributed by atoms with Gasteiger partial charge in [-0.1, -0.05) is 29.8 Å². The normalized spacial score (nSPS) is 12.0. The molecule has 23 heavy (non-hydrogen) atoms. The topological polar surface area (TPSA) is 94.8 Å². The zero-order valence-electron chi connectivity index (χ0n) is 12.9. The molecule has 1 aromatic heterocycles. The number of halogens is 1. The number of hydrogen-bond donors (Lipinski definition) is 3. The number of hydrogen-bond acceptors (Lipinski definition) is 3. The van der Waals surface area contributed by atoms with Gasteiger partial charge in [-0.25, -0.2) is 4.79 Å². The van der Waals surface area contributed by atoms with Crippen molar-refractivity contribution in [2.45, 2.75) is 32.7 Å². The zero-order chi connectivity index (χ0) is 17.0. The fraction of sp³-hybridized carbons (Fsp3) is 0.312. The minimum atomic E-state index is -0.548. The van der Waals surface area contributed by atoms with Crippen molar-refractivity contribution in [1.29, 1.82) is 0 Å². The number of aromatic amines is 2. The molecule has 0 unspecified atom stereocenters. The summed E-state index contributed by atoms with van der Waals surface area (Å²) in [7, 11) is 0. The first-order chi connectivity index (χ1) is 10.9. The predicted molar refractivity (Wildman–Crippen MR) is 88.8 cm³/mol. The van der Waals surface area contributed by atoms with Crippen LogP contribution in [0.25, 0.3) is 0 Å². The second kappa shape index (κ2) is 7.28. The van der Waals surface area contributed by atoms with Gasteiger partial charge in [-0.3, -0.25) is 14.6 Å². The van der Waals surface area contributed by atoms with Crippen LogP contribution in [-0.2, 0) is 11.2 Å². The van der Waals surface area contributed by atoms with Crippen LogP contribution in [0.5, 0.6) is 0 Å². The molecular weight excluding hydrogens is 318 g/mol. The van der Waals surface area contributed by atoms with Crippen molar-refractivity contribution in [3.63, 3.8) is 0 Å². The van der Waals surface area contributed by atoms with E-state index >= 15 is 0 Å². The summed E-state index contributed by atoms with van der Waals surface area (Å²) < 4.78 is 0. The number of amides is 1. The van der Waals surface area contributed by atoms with E-state index in [-0.39, 0.29) is 24.8 Å². The van der Waals surface area contributed by atoms with E-state index in [1.165, 1.54) is 0 Å². The maximum Gasteiger partial charge on any atom is 0.325 e. The van der Waals surface area contributed by atoms with Gasteiger partial charge in [0.05, 0.1) is 6.04 Å². The van der Waals surface area contributed by atoms with Gasteiger partial charge in [0.1, 0.15) is 0 Å². The van der Waals surface area contributed by atoms with Crippen molar-refractivity contribution in [2.24, 2.45) is 0 Å². The highest BCUT2D eigenvalue weighted by atomic mass is 35.5. The molecule has 1 amide bonds. The highest BCUT2D eigenvalue weighted by Crippen LogP contribution is 2.22. The van der Waals surface area contributed by atoms with Crippen molar-refractivity contribution < 1.29 is 4.79 Å². The molecule has 1 heterocycles. The highest BCUT2D eigenvalue weighted by Gasteiger charge is 2.13. The lowest BCUT2D eigenvalue weighted by atomic mass is 10.1. The van der Waals surface area contributed by atoms with Crippen molar-refractivity contribution in [3.8, 4) is 0 Å². The first kappa shape index (κ1) is 17.0. The molecular formula is C16H18ClN3O3. The Balaban J connectivity index is 2.00. The Hall–Kier alpha value is -2.34. The number of rotatable bonds is 5. The van der Waals surface area contributed by atoms with Gasteiger partial charge in [0, 0.05) is 22.7 Å². The highest BCUT2D eigenvalue weighted by molar-refractivity contribution is 6.31. The average Bonchev–Trinajstić information content (AvgIpc) is 2.46. The third-order valence-corrected chi connectivity index (χ3v) is 3.95. The number of carbonyl (C=O) groups excluding carboxylic acids is 1. The molecule has 122 valence electrons. The van der Waals surface area contributed by atoms with E-state index < -0.39 is 11.2 Å². The number of carbonyl (C=O) groups is 1. The summed E-state index contributed by atoms with van der Waals surface area (Å²) in [6, 6.07) is 7.07. The maximum atomic E-state index is 12.1. The van der Waals surface area contributed by atoms with Crippen molar-refractivity contribution in [2.75, 3.05) is 0 Å². The van der Waals surface area contributed by atoms with Crippen LogP contribution in [0, 0.1) is 6.92 Å². The molecule has 2 aromatic rings. The lowest BCUT2D eigenvalue weighted by molar-refractivity contribution is -0.121. The van der Waals surface area contributed by atoms with Crippen LogP contribution < -0.4 is 16.6 Å². The Morgan fingerprint density at radius 2 is 1.96 bits per heavy atom. The fourth-order valence-corrected chi connectivity index (χ4v) is 2.68. The monoisotopic (exact) mass is 335 g/mol. The Morgan fingerprint density at radius 3 is 2.61 bits per heavy atom. The first-order valence-electron chi connectivity index (χ1n) is 7.24. The number of H-pyrrole nitrogens is 2. The Morgan fingerprint density at radius 1 is 1.26 bits per heavy atom. The Kier molecular flexibility index (Phi) is 5.39. The first-order valence-corrected chi connectivity index (χ1v) is 7.62. The van der Waals surface area contributed by atoms with E-state index in [0.29, 0.717) is 16.3 Å². The molecule has 7 heteroatoms. The molecule has 0 aliphatic rings. The number of benzene rings is 1. The van der Waals surface area contributed by atoms with Crippen LogP contribution in [0.15, 0.2) is 33.9 Å². The molecule has 0 radical (unpaired) electrons. The van der Waals surface area contributed by atoms with Crippen LogP contribution in [-0.4, -0.2) is 15.9 Å². The second-order valence-corrected chi connectivity index (χ2v) is 5.73. The number of nitrogens with one attached hydrogen (secondary N) is 3. The molecule has 0 spiro atoms. The van der Waals surface area contributed by atoms with Gasteiger partial charge in [-0.2, -0.15) is 0 Å². The summed E-state index contributed by atoms with van der Waals surface area (Å²) >= 11 is 6.10. The van der Waals surface area contributed by atoms with Crippen LogP contribution in [0.4, 0.5) is 0 Å². The summed E-state index contributed by atoms with van der Waals surface area (Å²) in [6.45, 7) is 3.48. The molecule has 6 nitrogen and oxygen atoms in total.